The molecule has 10 heteroatoms. The first-order valence-corrected chi connectivity index (χ1v) is 12.9. The lowest BCUT2D eigenvalue weighted by molar-refractivity contribution is -0.385. The zero-order chi connectivity index (χ0) is 25.5. The fraction of sp³-hybridized carbons (Fsp3) is 0.192. The first-order chi connectivity index (χ1) is 17.3. The van der Waals surface area contributed by atoms with E-state index < -0.39 is 14.9 Å². The molecule has 0 saturated carbocycles. The first kappa shape index (κ1) is 25.2. The van der Waals surface area contributed by atoms with E-state index in [1.807, 2.05) is 36.4 Å². The molecule has 0 atom stereocenters. The fourth-order valence-electron chi connectivity index (χ4n) is 3.97. The van der Waals surface area contributed by atoms with Gasteiger partial charge >= 0.3 is 5.69 Å². The maximum absolute atomic E-state index is 13.2. The maximum Gasteiger partial charge on any atom is 0.310 e. The van der Waals surface area contributed by atoms with Gasteiger partial charge in [0.2, 0.25) is 10.0 Å². The minimum Gasteiger partial charge on any atom is -0.502 e. The van der Waals surface area contributed by atoms with E-state index in [1.54, 1.807) is 30.6 Å². The smallest absolute Gasteiger partial charge is 0.310 e. The Morgan fingerprint density at radius 3 is 2.50 bits per heavy atom. The number of hydrogen-bond donors (Lipinski definition) is 3. The minimum absolute atomic E-state index is 0.208. The van der Waals surface area contributed by atoms with E-state index in [4.69, 9.17) is 0 Å². The third-order valence-corrected chi connectivity index (χ3v) is 7.26. The SMILES string of the molecule is O=[N+]([O-])c1ccc(CCCNCCNS(=O)(=O)c2cc(-c3ccccc3)cc3cnccc23)cc1O. The molecule has 0 aliphatic carbocycles. The lowest BCUT2D eigenvalue weighted by atomic mass is 10.0. The molecule has 0 aliphatic heterocycles. The highest BCUT2D eigenvalue weighted by atomic mass is 32.2. The van der Waals surface area contributed by atoms with Crippen LogP contribution in [0.15, 0.2) is 84.0 Å². The fourth-order valence-corrected chi connectivity index (χ4v) is 5.25. The molecule has 4 aromatic rings. The molecule has 3 aromatic carbocycles. The van der Waals surface area contributed by atoms with Gasteiger partial charge in [0.25, 0.3) is 0 Å². The third-order valence-electron chi connectivity index (χ3n) is 5.76. The van der Waals surface area contributed by atoms with Gasteiger partial charge < -0.3 is 10.4 Å². The molecule has 0 saturated heterocycles. The molecule has 1 aromatic heterocycles. The van der Waals surface area contributed by atoms with Gasteiger partial charge in [-0.3, -0.25) is 15.1 Å². The zero-order valence-corrected chi connectivity index (χ0v) is 20.2. The number of benzene rings is 3. The number of fused-ring (bicyclic) bond motifs is 1. The van der Waals surface area contributed by atoms with Crippen LogP contribution in [0.25, 0.3) is 21.9 Å². The van der Waals surface area contributed by atoms with E-state index in [2.05, 4.69) is 15.0 Å². The van der Waals surface area contributed by atoms with Gasteiger partial charge in [0.05, 0.1) is 9.82 Å². The number of pyridine rings is 1. The molecule has 0 fully saturated rings. The molecule has 0 spiro atoms. The number of phenolic OH excluding ortho intramolecular Hbond substituents is 1. The van der Waals surface area contributed by atoms with Crippen molar-refractivity contribution >= 4 is 26.5 Å². The molecular weight excluding hydrogens is 480 g/mol. The molecule has 0 bridgehead atoms. The third kappa shape index (κ3) is 6.03. The van der Waals surface area contributed by atoms with Crippen LogP contribution in [0.4, 0.5) is 5.69 Å². The van der Waals surface area contributed by atoms with Crippen molar-refractivity contribution in [2.45, 2.75) is 17.7 Å². The molecule has 186 valence electrons. The number of sulfonamides is 1. The summed E-state index contributed by atoms with van der Waals surface area (Å²) in [5.41, 5.74) is 2.19. The van der Waals surface area contributed by atoms with Crippen molar-refractivity contribution in [2.24, 2.45) is 0 Å². The second kappa shape index (κ2) is 11.3. The molecule has 0 amide bonds. The van der Waals surface area contributed by atoms with E-state index in [9.17, 15) is 23.6 Å². The molecule has 1 heterocycles. The van der Waals surface area contributed by atoms with Gasteiger partial charge in [-0.15, -0.1) is 0 Å². The molecule has 0 aliphatic rings. The van der Waals surface area contributed by atoms with Gasteiger partial charge in [0.1, 0.15) is 0 Å². The molecular formula is C26H26N4O5S. The summed E-state index contributed by atoms with van der Waals surface area (Å²) in [7, 11) is -3.77. The number of rotatable bonds is 11. The highest BCUT2D eigenvalue weighted by Gasteiger charge is 2.19. The number of aromatic hydroxyl groups is 1. The Hall–Kier alpha value is -3.86. The van der Waals surface area contributed by atoms with Crippen LogP contribution < -0.4 is 10.0 Å². The second-order valence-electron chi connectivity index (χ2n) is 8.27. The number of aryl methyl sites for hydroxylation is 1. The molecule has 3 N–H and O–H groups in total. The van der Waals surface area contributed by atoms with Crippen molar-refractivity contribution in [1.82, 2.24) is 15.0 Å². The normalized spacial score (nSPS) is 11.6. The van der Waals surface area contributed by atoms with Crippen LogP contribution in [0, 0.1) is 10.1 Å². The van der Waals surface area contributed by atoms with E-state index in [0.29, 0.717) is 24.9 Å². The van der Waals surface area contributed by atoms with Gasteiger partial charge in [-0.1, -0.05) is 36.4 Å². The average Bonchev–Trinajstić information content (AvgIpc) is 2.87. The number of nitro groups is 1. The first-order valence-electron chi connectivity index (χ1n) is 11.4. The Balaban J connectivity index is 1.34. The number of aromatic nitrogens is 1. The Morgan fingerprint density at radius 2 is 1.75 bits per heavy atom. The second-order valence-corrected chi connectivity index (χ2v) is 10.0. The number of nitrogens with zero attached hydrogens (tertiary/aromatic N) is 2. The van der Waals surface area contributed by atoms with Crippen LogP contribution in [0.1, 0.15) is 12.0 Å². The minimum atomic E-state index is -3.77. The molecule has 4 rings (SSSR count). The van der Waals surface area contributed by atoms with Crippen LogP contribution in [-0.4, -0.2) is 43.1 Å². The van der Waals surface area contributed by atoms with Crippen molar-refractivity contribution in [3.8, 4) is 16.9 Å². The van der Waals surface area contributed by atoms with E-state index >= 15 is 0 Å². The Labute approximate surface area is 209 Å². The van der Waals surface area contributed by atoms with Gasteiger partial charge in [0, 0.05) is 42.3 Å². The van der Waals surface area contributed by atoms with Crippen LogP contribution in [0.5, 0.6) is 5.75 Å². The zero-order valence-electron chi connectivity index (χ0n) is 19.4. The number of hydrogen-bond acceptors (Lipinski definition) is 7. The van der Waals surface area contributed by atoms with Crippen LogP contribution in [-0.2, 0) is 16.4 Å². The highest BCUT2D eigenvalue weighted by Crippen LogP contribution is 2.30. The van der Waals surface area contributed by atoms with Crippen LogP contribution >= 0.6 is 0 Å². The molecule has 9 nitrogen and oxygen atoms in total. The Morgan fingerprint density at radius 1 is 0.944 bits per heavy atom. The van der Waals surface area contributed by atoms with Gasteiger partial charge in [0.15, 0.2) is 5.75 Å². The summed E-state index contributed by atoms with van der Waals surface area (Å²) in [5.74, 6) is -0.348. The van der Waals surface area contributed by atoms with E-state index in [0.717, 1.165) is 28.5 Å². The van der Waals surface area contributed by atoms with Gasteiger partial charge in [-0.25, -0.2) is 13.1 Å². The number of phenols is 1. The lowest BCUT2D eigenvalue weighted by Gasteiger charge is -2.13. The largest absolute Gasteiger partial charge is 0.502 e. The monoisotopic (exact) mass is 506 g/mol. The van der Waals surface area contributed by atoms with Crippen molar-refractivity contribution in [2.75, 3.05) is 19.6 Å². The summed E-state index contributed by atoms with van der Waals surface area (Å²) in [6, 6.07) is 19.2. The summed E-state index contributed by atoms with van der Waals surface area (Å²) < 4.78 is 29.0. The summed E-state index contributed by atoms with van der Waals surface area (Å²) in [5, 5.41) is 25.1. The Kier molecular flexibility index (Phi) is 7.89. The summed E-state index contributed by atoms with van der Waals surface area (Å²) in [6.07, 6.45) is 4.58. The van der Waals surface area contributed by atoms with Crippen LogP contribution in [0.3, 0.4) is 0 Å². The highest BCUT2D eigenvalue weighted by molar-refractivity contribution is 7.89. The van der Waals surface area contributed by atoms with Gasteiger partial charge in [-0.2, -0.15) is 0 Å². The predicted octanol–water partition coefficient (Wildman–Crippen LogP) is 4.02. The quantitative estimate of drug-likeness (QED) is 0.159. The van der Waals surface area contributed by atoms with Crippen molar-refractivity contribution in [3.63, 3.8) is 0 Å². The van der Waals surface area contributed by atoms with Crippen LogP contribution in [0.2, 0.25) is 0 Å². The molecule has 0 radical (unpaired) electrons. The lowest BCUT2D eigenvalue weighted by Crippen LogP contribution is -2.32. The maximum atomic E-state index is 13.2. The average molecular weight is 507 g/mol. The summed E-state index contributed by atoms with van der Waals surface area (Å²) >= 11 is 0. The number of nitrogens with one attached hydrogen (secondary N) is 2. The van der Waals surface area contributed by atoms with E-state index in [1.165, 1.54) is 12.1 Å². The molecule has 36 heavy (non-hydrogen) atoms. The van der Waals surface area contributed by atoms with Crippen molar-refractivity contribution in [3.05, 3.63) is 94.8 Å². The van der Waals surface area contributed by atoms with Crippen molar-refractivity contribution in [1.29, 1.82) is 0 Å². The van der Waals surface area contributed by atoms with E-state index in [-0.39, 0.29) is 22.9 Å². The topological polar surface area (TPSA) is 134 Å². The van der Waals surface area contributed by atoms with Gasteiger partial charge in [-0.05, 0) is 60.3 Å². The number of nitro benzene ring substituents is 1. The molecule has 0 unspecified atom stereocenters. The Bertz CT molecular complexity index is 1480. The summed E-state index contributed by atoms with van der Waals surface area (Å²) in [4.78, 5) is 14.5. The predicted molar refractivity (Wildman–Crippen MR) is 138 cm³/mol. The summed E-state index contributed by atoms with van der Waals surface area (Å²) in [6.45, 7) is 1.27. The standard InChI is InChI=1S/C26H26N4O5S/c31-25-15-19(8-9-24(25)30(32)33)5-4-11-27-13-14-29-36(34,35)26-17-21(20-6-2-1-3-7-20)16-22-18-28-12-10-23(22)26/h1-3,6-10,12,15-18,27,29,31H,4-5,11,13-14H2. The van der Waals surface area contributed by atoms with Crippen molar-refractivity contribution < 1.29 is 18.4 Å².